The molecular formula is C13H15N7O2S. The van der Waals surface area contributed by atoms with Crippen molar-refractivity contribution in [1.82, 2.24) is 20.6 Å². The van der Waals surface area contributed by atoms with Gasteiger partial charge in [0, 0.05) is 5.75 Å². The van der Waals surface area contributed by atoms with Gasteiger partial charge in [-0.1, -0.05) is 30.3 Å². The predicted octanol–water partition coefficient (Wildman–Crippen LogP) is 0.549. The van der Waals surface area contributed by atoms with Crippen LogP contribution in [0, 0.1) is 0 Å². The quantitative estimate of drug-likeness (QED) is 0.433. The highest BCUT2D eigenvalue weighted by Crippen LogP contribution is 2.09. The van der Waals surface area contributed by atoms with Gasteiger partial charge in [-0.05, 0) is 5.56 Å². The molecule has 0 bridgehead atoms. The molecule has 5 N–H and O–H groups in total. The minimum absolute atomic E-state index is 0.198. The van der Waals surface area contributed by atoms with Crippen LogP contribution in [0.3, 0.4) is 0 Å². The smallest absolute Gasteiger partial charge is 0.332 e. The number of primary amides is 1. The number of carbonyl (C=O) groups excluding carboxylic acids is 2. The largest absolute Gasteiger partial charge is 0.350 e. The number of benzene rings is 1. The van der Waals surface area contributed by atoms with Crippen molar-refractivity contribution >= 4 is 35.4 Å². The van der Waals surface area contributed by atoms with E-state index in [-0.39, 0.29) is 11.7 Å². The van der Waals surface area contributed by atoms with Gasteiger partial charge in [0.1, 0.15) is 6.33 Å². The maximum Gasteiger partial charge on any atom is 0.332 e. The first-order valence-corrected chi connectivity index (χ1v) is 7.71. The van der Waals surface area contributed by atoms with Crippen molar-refractivity contribution in [2.75, 3.05) is 16.8 Å². The Balaban J connectivity index is 1.89. The molecule has 0 fully saturated rings. The molecule has 9 nitrogen and oxygen atoms in total. The fourth-order valence-corrected chi connectivity index (χ4v) is 2.39. The number of urea groups is 1. The number of rotatable bonds is 7. The number of hydrazone groups is 1. The fraction of sp³-hybridized carbons (Fsp3) is 0.154. The van der Waals surface area contributed by atoms with Gasteiger partial charge in [-0.25, -0.2) is 15.3 Å². The molecular weight excluding hydrogens is 318 g/mol. The summed E-state index contributed by atoms with van der Waals surface area (Å²) in [5.74, 6) is 0.696. The molecule has 23 heavy (non-hydrogen) atoms. The number of carbonyl (C=O) groups is 2. The van der Waals surface area contributed by atoms with Crippen molar-refractivity contribution in [3.8, 4) is 0 Å². The van der Waals surface area contributed by atoms with Crippen molar-refractivity contribution < 1.29 is 9.59 Å². The molecule has 1 aromatic carbocycles. The number of hydrogen-bond donors (Lipinski definition) is 4. The average Bonchev–Trinajstić information content (AvgIpc) is 3.04. The zero-order valence-electron chi connectivity index (χ0n) is 12.0. The highest BCUT2D eigenvalue weighted by molar-refractivity contribution is 8.00. The summed E-state index contributed by atoms with van der Waals surface area (Å²) < 4.78 is 0. The molecule has 0 aliphatic heterocycles. The minimum Gasteiger partial charge on any atom is -0.350 e. The summed E-state index contributed by atoms with van der Waals surface area (Å²) in [6.07, 6.45) is 1.30. The van der Waals surface area contributed by atoms with E-state index in [4.69, 9.17) is 5.73 Å². The Labute approximate surface area is 136 Å². The van der Waals surface area contributed by atoms with Gasteiger partial charge in [-0.2, -0.15) is 15.2 Å². The highest BCUT2D eigenvalue weighted by atomic mass is 32.2. The summed E-state index contributed by atoms with van der Waals surface area (Å²) in [5, 5.41) is 12.7. The number of aromatic nitrogens is 3. The van der Waals surface area contributed by atoms with Crippen LogP contribution in [-0.2, 0) is 4.79 Å². The summed E-state index contributed by atoms with van der Waals surface area (Å²) in [5.41, 5.74) is 8.69. The van der Waals surface area contributed by atoms with Crippen LogP contribution in [0.2, 0.25) is 0 Å². The van der Waals surface area contributed by atoms with E-state index in [1.54, 1.807) is 0 Å². The lowest BCUT2D eigenvalue weighted by Gasteiger charge is -2.07. The number of hydrogen-bond acceptors (Lipinski definition) is 6. The lowest BCUT2D eigenvalue weighted by molar-refractivity contribution is -0.113. The Morgan fingerprint density at radius 3 is 2.70 bits per heavy atom. The van der Waals surface area contributed by atoms with E-state index >= 15 is 0 Å². The van der Waals surface area contributed by atoms with Crippen LogP contribution in [0.25, 0.3) is 0 Å². The molecule has 0 unspecified atom stereocenters. The van der Waals surface area contributed by atoms with Gasteiger partial charge < -0.3 is 5.73 Å². The van der Waals surface area contributed by atoms with Crippen LogP contribution in [-0.4, -0.2) is 44.3 Å². The number of aromatic amines is 1. The lowest BCUT2D eigenvalue weighted by Crippen LogP contribution is -2.26. The summed E-state index contributed by atoms with van der Waals surface area (Å²) >= 11 is 1.34. The number of anilines is 1. The normalized spacial score (nSPS) is 11.0. The molecule has 10 heteroatoms. The summed E-state index contributed by atoms with van der Waals surface area (Å²) in [6.45, 7) is 0. The number of nitrogens with one attached hydrogen (secondary N) is 3. The van der Waals surface area contributed by atoms with Crippen LogP contribution < -0.4 is 16.5 Å². The van der Waals surface area contributed by atoms with Gasteiger partial charge in [-0.15, -0.1) is 11.8 Å². The Hall–Kier alpha value is -2.88. The molecule has 0 spiro atoms. The van der Waals surface area contributed by atoms with Gasteiger partial charge >= 0.3 is 6.03 Å². The van der Waals surface area contributed by atoms with Crippen LogP contribution in [0.5, 0.6) is 0 Å². The molecule has 2 aromatic rings. The van der Waals surface area contributed by atoms with E-state index in [2.05, 4.69) is 31.0 Å². The first-order valence-electron chi connectivity index (χ1n) is 6.55. The van der Waals surface area contributed by atoms with Crippen molar-refractivity contribution in [2.24, 2.45) is 10.8 Å². The fourth-order valence-electron chi connectivity index (χ4n) is 1.61. The van der Waals surface area contributed by atoms with Gasteiger partial charge in [-0.3, -0.25) is 10.1 Å². The topological polar surface area (TPSA) is 138 Å². The Bertz CT molecular complexity index is 673. The molecule has 2 rings (SSSR count). The third-order valence-electron chi connectivity index (χ3n) is 2.55. The summed E-state index contributed by atoms with van der Waals surface area (Å²) in [6, 6.07) is 8.56. The number of H-pyrrole nitrogens is 1. The van der Waals surface area contributed by atoms with Gasteiger partial charge in [0.15, 0.2) is 0 Å². The van der Waals surface area contributed by atoms with Gasteiger partial charge in [0.05, 0.1) is 11.5 Å². The van der Waals surface area contributed by atoms with E-state index in [0.717, 1.165) is 5.56 Å². The molecule has 0 aliphatic carbocycles. The minimum atomic E-state index is -0.744. The molecule has 1 heterocycles. The number of nitrogens with two attached hydrogens (primary N) is 1. The van der Waals surface area contributed by atoms with Crippen molar-refractivity contribution in [1.29, 1.82) is 0 Å². The maximum absolute atomic E-state index is 11.7. The standard InChI is InChI=1S/C13H15N7O2S/c14-12(22)19-18-10(9-4-2-1-3-5-9)6-23-7-11(21)17-13-15-8-16-20-13/h1-5,8H,6-7H2,(H3,14,19,22)(H2,15,16,17,20,21)/b18-10-. The van der Waals surface area contributed by atoms with Gasteiger partial charge in [0.25, 0.3) is 0 Å². The lowest BCUT2D eigenvalue weighted by atomic mass is 10.1. The molecule has 0 saturated carbocycles. The van der Waals surface area contributed by atoms with E-state index in [9.17, 15) is 9.59 Å². The third-order valence-corrected chi connectivity index (χ3v) is 3.50. The monoisotopic (exact) mass is 333 g/mol. The van der Waals surface area contributed by atoms with E-state index in [1.165, 1.54) is 18.1 Å². The highest BCUT2D eigenvalue weighted by Gasteiger charge is 2.08. The summed E-state index contributed by atoms with van der Waals surface area (Å²) in [4.78, 5) is 26.4. The molecule has 0 atom stereocenters. The maximum atomic E-state index is 11.7. The van der Waals surface area contributed by atoms with Crippen molar-refractivity contribution in [3.63, 3.8) is 0 Å². The van der Waals surface area contributed by atoms with E-state index in [1.807, 2.05) is 30.3 Å². The van der Waals surface area contributed by atoms with Gasteiger partial charge in [0.2, 0.25) is 11.9 Å². The Morgan fingerprint density at radius 2 is 2.04 bits per heavy atom. The predicted molar refractivity (Wildman–Crippen MR) is 88.0 cm³/mol. The molecule has 0 saturated heterocycles. The van der Waals surface area contributed by atoms with E-state index in [0.29, 0.717) is 17.4 Å². The molecule has 3 amide bonds. The average molecular weight is 333 g/mol. The first kappa shape index (κ1) is 16.5. The van der Waals surface area contributed by atoms with Crippen molar-refractivity contribution in [3.05, 3.63) is 42.2 Å². The molecule has 120 valence electrons. The zero-order valence-corrected chi connectivity index (χ0v) is 12.8. The van der Waals surface area contributed by atoms with Crippen molar-refractivity contribution in [2.45, 2.75) is 0 Å². The second kappa shape index (κ2) is 8.54. The van der Waals surface area contributed by atoms with Crippen LogP contribution >= 0.6 is 11.8 Å². The molecule has 0 aliphatic rings. The second-order valence-electron chi connectivity index (χ2n) is 4.28. The zero-order chi connectivity index (χ0) is 16.5. The van der Waals surface area contributed by atoms with Crippen LogP contribution in [0.1, 0.15) is 5.56 Å². The molecule has 1 aromatic heterocycles. The molecule has 0 radical (unpaired) electrons. The van der Waals surface area contributed by atoms with Crippen LogP contribution in [0.15, 0.2) is 41.8 Å². The number of thioether (sulfide) groups is 1. The number of amides is 3. The second-order valence-corrected chi connectivity index (χ2v) is 5.26. The number of nitrogens with zero attached hydrogens (tertiary/aromatic N) is 3. The first-order chi connectivity index (χ1) is 11.1. The van der Waals surface area contributed by atoms with Crippen LogP contribution in [0.4, 0.5) is 10.7 Å². The Morgan fingerprint density at radius 1 is 1.26 bits per heavy atom. The van der Waals surface area contributed by atoms with E-state index < -0.39 is 6.03 Å². The summed E-state index contributed by atoms with van der Waals surface area (Å²) in [7, 11) is 0. The third kappa shape index (κ3) is 5.79. The SMILES string of the molecule is NC(=O)N/N=C(/CSCC(=O)Nc1ncn[nH]1)c1ccccc1. The Kier molecular flexibility index (Phi) is 6.12.